The van der Waals surface area contributed by atoms with Crippen molar-refractivity contribution in [3.63, 3.8) is 0 Å². The molecule has 0 spiro atoms. The van der Waals surface area contributed by atoms with Gasteiger partial charge in [0.1, 0.15) is 0 Å². The number of ether oxygens (including phenoxy) is 1. The van der Waals surface area contributed by atoms with Gasteiger partial charge in [-0.2, -0.15) is 11.8 Å². The monoisotopic (exact) mass is 187 g/mol. The molecule has 0 aliphatic carbocycles. The van der Waals surface area contributed by atoms with Crippen molar-refractivity contribution in [2.75, 3.05) is 12.3 Å². The van der Waals surface area contributed by atoms with E-state index in [1.807, 2.05) is 0 Å². The van der Waals surface area contributed by atoms with Crippen molar-refractivity contribution < 1.29 is 4.74 Å². The predicted octanol–water partition coefficient (Wildman–Crippen LogP) is 1.26. The van der Waals surface area contributed by atoms with Crippen LogP contribution in [0.2, 0.25) is 0 Å². The van der Waals surface area contributed by atoms with Crippen LogP contribution in [0.15, 0.2) is 0 Å². The summed E-state index contributed by atoms with van der Waals surface area (Å²) in [5.74, 6) is 1.24. The summed E-state index contributed by atoms with van der Waals surface area (Å²) in [6.45, 7) is 5.55. The van der Waals surface area contributed by atoms with Gasteiger partial charge in [0.2, 0.25) is 0 Å². The normalized spacial score (nSPS) is 48.5. The summed E-state index contributed by atoms with van der Waals surface area (Å²) in [5, 5.41) is 4.27. The highest BCUT2D eigenvalue weighted by Gasteiger charge is 2.36. The molecular weight excluding hydrogens is 170 g/mol. The number of nitrogens with one attached hydrogen (secondary N) is 1. The first-order chi connectivity index (χ1) is 5.77. The molecule has 2 aliphatic heterocycles. The van der Waals surface area contributed by atoms with Crippen molar-refractivity contribution in [1.29, 1.82) is 0 Å². The van der Waals surface area contributed by atoms with Crippen molar-refractivity contribution in [2.24, 2.45) is 0 Å². The van der Waals surface area contributed by atoms with Crippen LogP contribution in [0.3, 0.4) is 0 Å². The molecule has 0 aromatic heterocycles. The Bertz CT molecular complexity index is 165. The fraction of sp³-hybridized carbons (Fsp3) is 1.00. The molecule has 0 bridgehead atoms. The highest BCUT2D eigenvalue weighted by molar-refractivity contribution is 8.00. The third kappa shape index (κ3) is 1.63. The summed E-state index contributed by atoms with van der Waals surface area (Å²) in [6.07, 6.45) is 2.05. The van der Waals surface area contributed by atoms with E-state index in [1.54, 1.807) is 0 Å². The predicted molar refractivity (Wildman–Crippen MR) is 52.7 cm³/mol. The maximum Gasteiger partial charge on any atom is 0.0684 e. The Morgan fingerprint density at radius 2 is 2.25 bits per heavy atom. The van der Waals surface area contributed by atoms with Gasteiger partial charge in [-0.25, -0.2) is 0 Å². The van der Waals surface area contributed by atoms with E-state index in [2.05, 4.69) is 30.9 Å². The molecule has 2 heterocycles. The van der Waals surface area contributed by atoms with E-state index in [9.17, 15) is 0 Å². The highest BCUT2D eigenvalue weighted by Crippen LogP contribution is 2.31. The van der Waals surface area contributed by atoms with Crippen LogP contribution in [0.4, 0.5) is 0 Å². The van der Waals surface area contributed by atoms with Gasteiger partial charge < -0.3 is 10.1 Å². The van der Waals surface area contributed by atoms with Crippen LogP contribution in [0.5, 0.6) is 0 Å². The molecule has 0 aromatic carbocycles. The summed E-state index contributed by atoms with van der Waals surface area (Å²) in [6, 6.07) is 0.697. The van der Waals surface area contributed by atoms with E-state index in [-0.39, 0.29) is 0 Å². The largest absolute Gasteiger partial charge is 0.374 e. The second-order valence-corrected chi connectivity index (χ2v) is 5.07. The molecular formula is C9H17NOS. The number of thioether (sulfide) groups is 1. The van der Waals surface area contributed by atoms with E-state index < -0.39 is 0 Å². The smallest absolute Gasteiger partial charge is 0.0684 e. The lowest BCUT2D eigenvalue weighted by atomic mass is 9.99. The number of hydrogen-bond acceptors (Lipinski definition) is 3. The van der Waals surface area contributed by atoms with Gasteiger partial charge in [-0.05, 0) is 20.3 Å². The van der Waals surface area contributed by atoms with Gasteiger partial charge in [0.05, 0.1) is 12.2 Å². The Hall–Kier alpha value is 0.270. The van der Waals surface area contributed by atoms with E-state index in [0.717, 1.165) is 0 Å². The molecule has 0 saturated carbocycles. The Morgan fingerprint density at radius 1 is 1.42 bits per heavy atom. The van der Waals surface area contributed by atoms with Crippen molar-refractivity contribution in [2.45, 2.75) is 43.8 Å². The quantitative estimate of drug-likeness (QED) is 0.617. The second kappa shape index (κ2) is 3.56. The van der Waals surface area contributed by atoms with Gasteiger partial charge in [-0.15, -0.1) is 0 Å². The fourth-order valence-electron chi connectivity index (χ4n) is 2.21. The minimum absolute atomic E-state index is 0.427. The highest BCUT2D eigenvalue weighted by atomic mass is 32.2. The van der Waals surface area contributed by atoms with Gasteiger partial charge >= 0.3 is 0 Å². The van der Waals surface area contributed by atoms with Gasteiger partial charge in [-0.3, -0.25) is 0 Å². The molecule has 4 atom stereocenters. The van der Waals surface area contributed by atoms with Crippen molar-refractivity contribution >= 4 is 11.8 Å². The molecule has 12 heavy (non-hydrogen) atoms. The molecule has 4 unspecified atom stereocenters. The van der Waals surface area contributed by atoms with Gasteiger partial charge in [0, 0.05) is 23.6 Å². The number of fused-ring (bicyclic) bond motifs is 1. The Labute approximate surface area is 78.4 Å². The molecule has 2 fully saturated rings. The minimum Gasteiger partial charge on any atom is -0.374 e. The first-order valence-electron chi connectivity index (χ1n) is 4.78. The molecule has 70 valence electrons. The average Bonchev–Trinajstić information content (AvgIpc) is 2.04. The third-order valence-electron chi connectivity index (χ3n) is 2.71. The van der Waals surface area contributed by atoms with Gasteiger partial charge in [0.25, 0.3) is 0 Å². The second-order valence-electron chi connectivity index (χ2n) is 3.78. The van der Waals surface area contributed by atoms with Crippen LogP contribution in [0.25, 0.3) is 0 Å². The van der Waals surface area contributed by atoms with Crippen LogP contribution in [-0.2, 0) is 4.74 Å². The van der Waals surface area contributed by atoms with Crippen LogP contribution in [0, 0.1) is 0 Å². The van der Waals surface area contributed by atoms with Gasteiger partial charge in [0.15, 0.2) is 0 Å². The Morgan fingerprint density at radius 3 is 3.08 bits per heavy atom. The van der Waals surface area contributed by atoms with Crippen LogP contribution < -0.4 is 5.32 Å². The maximum atomic E-state index is 5.79. The zero-order valence-electron chi connectivity index (χ0n) is 7.75. The summed E-state index contributed by atoms with van der Waals surface area (Å²) in [5.41, 5.74) is 0. The van der Waals surface area contributed by atoms with Crippen LogP contribution in [0.1, 0.15) is 20.3 Å². The summed E-state index contributed by atoms with van der Waals surface area (Å²) in [7, 11) is 0. The zero-order valence-corrected chi connectivity index (χ0v) is 8.56. The van der Waals surface area contributed by atoms with E-state index in [4.69, 9.17) is 4.74 Å². The van der Waals surface area contributed by atoms with Crippen molar-refractivity contribution in [1.82, 2.24) is 5.32 Å². The lowest BCUT2D eigenvalue weighted by Gasteiger charge is -2.42. The molecule has 2 rings (SSSR count). The lowest BCUT2D eigenvalue weighted by molar-refractivity contribution is -0.0380. The minimum atomic E-state index is 0.427. The standard InChI is InChI=1S/C9H17NOS/c1-6-5-8-9(7(2)11-6)12-4-3-10-8/h6-10H,3-5H2,1-2H3. The lowest BCUT2D eigenvalue weighted by Crippen LogP contribution is -2.54. The summed E-state index contributed by atoms with van der Waals surface area (Å²) >= 11 is 2.07. The average molecular weight is 187 g/mol. The van der Waals surface area contributed by atoms with Crippen LogP contribution >= 0.6 is 11.8 Å². The molecule has 2 aliphatic rings. The Kier molecular flexibility index (Phi) is 2.63. The topological polar surface area (TPSA) is 21.3 Å². The van der Waals surface area contributed by atoms with Crippen molar-refractivity contribution in [3.05, 3.63) is 0 Å². The van der Waals surface area contributed by atoms with E-state index >= 15 is 0 Å². The molecule has 0 radical (unpaired) electrons. The third-order valence-corrected chi connectivity index (χ3v) is 4.25. The molecule has 0 amide bonds. The Balaban J connectivity index is 2.01. The first-order valence-corrected chi connectivity index (χ1v) is 5.82. The zero-order chi connectivity index (χ0) is 8.55. The molecule has 3 heteroatoms. The SMILES string of the molecule is CC1CC2NCCSC2C(C)O1. The first kappa shape index (κ1) is 8.85. The summed E-state index contributed by atoms with van der Waals surface area (Å²) in [4.78, 5) is 0. The number of hydrogen-bond donors (Lipinski definition) is 1. The molecule has 1 N–H and O–H groups in total. The van der Waals surface area contributed by atoms with E-state index in [0.29, 0.717) is 23.5 Å². The fourth-order valence-corrected chi connectivity index (χ4v) is 3.49. The van der Waals surface area contributed by atoms with Crippen LogP contribution in [-0.4, -0.2) is 35.8 Å². The van der Waals surface area contributed by atoms with E-state index in [1.165, 1.54) is 18.7 Å². The summed E-state index contributed by atoms with van der Waals surface area (Å²) < 4.78 is 5.79. The molecule has 0 aromatic rings. The number of rotatable bonds is 0. The molecule has 2 nitrogen and oxygen atoms in total. The maximum absolute atomic E-state index is 5.79. The van der Waals surface area contributed by atoms with Gasteiger partial charge in [-0.1, -0.05) is 0 Å². The molecule has 2 saturated heterocycles. The van der Waals surface area contributed by atoms with Crippen molar-refractivity contribution in [3.8, 4) is 0 Å².